The number of hydrogen-bond acceptors (Lipinski definition) is 1. The van der Waals surface area contributed by atoms with E-state index in [4.69, 9.17) is 23.2 Å². The second kappa shape index (κ2) is 2.14. The van der Waals surface area contributed by atoms with Gasteiger partial charge in [-0.2, -0.15) is 0 Å². The molecular weight excluding hydrogens is 183 g/mol. The first-order valence-electron chi connectivity index (χ1n) is 3.95. The topological polar surface area (TPSA) is 17.1 Å². The molecular formula is C8H10Cl2O. The lowest BCUT2D eigenvalue weighted by atomic mass is 9.69. The van der Waals surface area contributed by atoms with E-state index in [0.29, 0.717) is 6.42 Å². The van der Waals surface area contributed by atoms with Crippen LogP contribution < -0.4 is 0 Å². The number of halogens is 2. The van der Waals surface area contributed by atoms with Crippen molar-refractivity contribution in [3.63, 3.8) is 0 Å². The normalized spacial score (nSPS) is 49.8. The number of Topliss-reactive ketones (excluding diaryl/α,β-unsaturated/α-hetero) is 1. The van der Waals surface area contributed by atoms with Crippen LogP contribution in [0.3, 0.4) is 0 Å². The fourth-order valence-corrected chi connectivity index (χ4v) is 2.56. The fraction of sp³-hybridized carbons (Fsp3) is 0.875. The molecule has 11 heavy (non-hydrogen) atoms. The zero-order valence-corrected chi connectivity index (χ0v) is 7.71. The average Bonchev–Trinajstić information content (AvgIpc) is 1.94. The first kappa shape index (κ1) is 7.88. The van der Waals surface area contributed by atoms with Crippen molar-refractivity contribution in [2.45, 2.75) is 41.9 Å². The molecule has 3 rings (SSSR count). The summed E-state index contributed by atoms with van der Waals surface area (Å²) in [5, 5.41) is 0. The summed E-state index contributed by atoms with van der Waals surface area (Å²) in [6, 6.07) is 0. The summed E-state index contributed by atoms with van der Waals surface area (Å²) < 4.78 is 0. The zero-order valence-electron chi connectivity index (χ0n) is 6.20. The van der Waals surface area contributed by atoms with E-state index in [2.05, 4.69) is 0 Å². The Balaban J connectivity index is 2.29. The number of fused-ring (bicyclic) bond motifs is 3. The molecule has 0 heterocycles. The number of ketones is 1. The maximum Gasteiger partial charge on any atom is 0.155 e. The van der Waals surface area contributed by atoms with Crippen LogP contribution in [-0.2, 0) is 4.79 Å². The molecule has 0 atom stereocenters. The second-order valence-corrected chi connectivity index (χ2v) is 5.24. The molecule has 3 fully saturated rings. The lowest BCUT2D eigenvalue weighted by Crippen LogP contribution is -2.50. The molecule has 2 bridgehead atoms. The Morgan fingerprint density at radius 3 is 2.00 bits per heavy atom. The summed E-state index contributed by atoms with van der Waals surface area (Å²) in [7, 11) is 0. The smallest absolute Gasteiger partial charge is 0.155 e. The molecule has 0 aromatic heterocycles. The summed E-state index contributed by atoms with van der Waals surface area (Å²) in [6.45, 7) is 0. The van der Waals surface area contributed by atoms with Crippen molar-refractivity contribution in [1.82, 2.24) is 0 Å². The summed E-state index contributed by atoms with van der Waals surface area (Å²) in [4.78, 5) is 10.6. The SMILES string of the molecule is O=C1CC2(Cl)CCC1(Cl)CC2. The van der Waals surface area contributed by atoms with Gasteiger partial charge < -0.3 is 0 Å². The molecule has 62 valence electrons. The first-order valence-corrected chi connectivity index (χ1v) is 4.71. The van der Waals surface area contributed by atoms with Gasteiger partial charge in [-0.25, -0.2) is 0 Å². The average molecular weight is 193 g/mol. The van der Waals surface area contributed by atoms with Crippen LogP contribution in [0.2, 0.25) is 0 Å². The van der Waals surface area contributed by atoms with Gasteiger partial charge in [-0.15, -0.1) is 23.2 Å². The van der Waals surface area contributed by atoms with E-state index in [0.717, 1.165) is 25.7 Å². The van der Waals surface area contributed by atoms with Gasteiger partial charge >= 0.3 is 0 Å². The van der Waals surface area contributed by atoms with Gasteiger partial charge in [0.05, 0.1) is 4.87 Å². The third-order valence-corrected chi connectivity index (χ3v) is 4.02. The quantitative estimate of drug-likeness (QED) is 0.540. The van der Waals surface area contributed by atoms with E-state index >= 15 is 0 Å². The van der Waals surface area contributed by atoms with Crippen molar-refractivity contribution in [3.05, 3.63) is 0 Å². The van der Waals surface area contributed by atoms with Crippen molar-refractivity contribution in [2.24, 2.45) is 0 Å². The van der Waals surface area contributed by atoms with Gasteiger partial charge in [-0.1, -0.05) is 0 Å². The summed E-state index contributed by atoms with van der Waals surface area (Å²) in [5.74, 6) is 0.159. The number of alkyl halides is 2. The number of rotatable bonds is 0. The van der Waals surface area contributed by atoms with Crippen LogP contribution in [0.25, 0.3) is 0 Å². The van der Waals surface area contributed by atoms with E-state index in [9.17, 15) is 4.79 Å². The van der Waals surface area contributed by atoms with Crippen LogP contribution in [0.1, 0.15) is 32.1 Å². The zero-order chi connectivity index (χ0) is 8.11. The largest absolute Gasteiger partial charge is 0.298 e. The van der Waals surface area contributed by atoms with Crippen LogP contribution >= 0.6 is 23.2 Å². The van der Waals surface area contributed by atoms with Crippen molar-refractivity contribution < 1.29 is 4.79 Å². The maximum atomic E-state index is 11.4. The van der Waals surface area contributed by atoms with Crippen LogP contribution in [0.4, 0.5) is 0 Å². The standard InChI is InChI=1S/C8H10Cl2O/c9-7-1-3-8(10,4-2-7)6(11)5-7/h1-5H2. The summed E-state index contributed by atoms with van der Waals surface area (Å²) >= 11 is 12.3. The van der Waals surface area contributed by atoms with Crippen LogP contribution in [-0.4, -0.2) is 15.5 Å². The fourth-order valence-electron chi connectivity index (χ4n) is 2.00. The molecule has 3 aliphatic carbocycles. The molecule has 0 radical (unpaired) electrons. The highest BCUT2D eigenvalue weighted by molar-refractivity contribution is 6.38. The van der Waals surface area contributed by atoms with E-state index < -0.39 is 4.87 Å². The summed E-state index contributed by atoms with van der Waals surface area (Å²) in [6.07, 6.45) is 3.85. The minimum atomic E-state index is -0.531. The van der Waals surface area contributed by atoms with Crippen molar-refractivity contribution in [1.29, 1.82) is 0 Å². The molecule has 0 N–H and O–H groups in total. The Kier molecular flexibility index (Phi) is 1.53. The first-order chi connectivity index (χ1) is 5.04. The second-order valence-electron chi connectivity index (χ2n) is 3.72. The minimum absolute atomic E-state index is 0.159. The van der Waals surface area contributed by atoms with Crippen molar-refractivity contribution in [2.75, 3.05) is 0 Å². The lowest BCUT2D eigenvalue weighted by Gasteiger charge is -2.45. The van der Waals surface area contributed by atoms with Crippen LogP contribution in [0.15, 0.2) is 0 Å². The molecule has 0 amide bonds. The molecule has 3 heteroatoms. The monoisotopic (exact) mass is 192 g/mol. The lowest BCUT2D eigenvalue weighted by molar-refractivity contribution is -0.126. The molecule has 1 nitrogen and oxygen atoms in total. The van der Waals surface area contributed by atoms with Gasteiger partial charge in [0.25, 0.3) is 0 Å². The molecule has 0 unspecified atom stereocenters. The predicted molar refractivity (Wildman–Crippen MR) is 45.3 cm³/mol. The van der Waals surface area contributed by atoms with Gasteiger partial charge in [-0.3, -0.25) is 4.79 Å². The van der Waals surface area contributed by atoms with Gasteiger partial charge in [-0.05, 0) is 25.7 Å². The number of hydrogen-bond donors (Lipinski definition) is 0. The Morgan fingerprint density at radius 1 is 1.09 bits per heavy atom. The Labute approximate surface area is 76.1 Å². The predicted octanol–water partition coefficient (Wildman–Crippen LogP) is 2.49. The Bertz CT molecular complexity index is 204. The Morgan fingerprint density at radius 2 is 1.64 bits per heavy atom. The van der Waals surface area contributed by atoms with Gasteiger partial charge in [0.1, 0.15) is 4.87 Å². The third kappa shape index (κ3) is 1.09. The van der Waals surface area contributed by atoms with E-state index in [1.165, 1.54) is 0 Å². The maximum absolute atomic E-state index is 11.4. The highest BCUT2D eigenvalue weighted by Gasteiger charge is 2.52. The third-order valence-electron chi connectivity index (χ3n) is 2.92. The number of carbonyl (C=O) groups excluding carboxylic acids is 1. The van der Waals surface area contributed by atoms with E-state index in [-0.39, 0.29) is 10.7 Å². The van der Waals surface area contributed by atoms with Crippen molar-refractivity contribution in [3.8, 4) is 0 Å². The van der Waals surface area contributed by atoms with E-state index in [1.54, 1.807) is 0 Å². The van der Waals surface area contributed by atoms with Crippen LogP contribution in [0.5, 0.6) is 0 Å². The van der Waals surface area contributed by atoms with Crippen molar-refractivity contribution >= 4 is 29.0 Å². The molecule has 0 spiro atoms. The van der Waals surface area contributed by atoms with Gasteiger partial charge in [0.15, 0.2) is 5.78 Å². The highest BCUT2D eigenvalue weighted by atomic mass is 35.5. The molecule has 0 aliphatic heterocycles. The molecule has 0 saturated heterocycles. The van der Waals surface area contributed by atoms with Crippen LogP contribution in [0, 0.1) is 0 Å². The molecule has 0 aromatic carbocycles. The molecule has 0 aromatic rings. The highest BCUT2D eigenvalue weighted by Crippen LogP contribution is 2.51. The Hall–Kier alpha value is 0.250. The summed E-state index contributed by atoms with van der Waals surface area (Å²) in [5.41, 5.74) is 0. The molecule has 3 saturated carbocycles. The van der Waals surface area contributed by atoms with E-state index in [1.807, 2.05) is 0 Å². The van der Waals surface area contributed by atoms with Gasteiger partial charge in [0.2, 0.25) is 0 Å². The minimum Gasteiger partial charge on any atom is -0.298 e. The van der Waals surface area contributed by atoms with Gasteiger partial charge in [0, 0.05) is 6.42 Å². The number of carbonyl (C=O) groups is 1. The molecule has 3 aliphatic rings.